The third-order valence-corrected chi connectivity index (χ3v) is 6.81. The molecule has 0 radical (unpaired) electrons. The molecule has 3 rings (SSSR count). The number of carbonyl (C=O) groups excluding carboxylic acids is 1. The van der Waals surface area contributed by atoms with Gasteiger partial charge in [0, 0.05) is 0 Å². The van der Waals surface area contributed by atoms with Gasteiger partial charge in [-0.3, -0.25) is 4.79 Å². The Bertz CT molecular complexity index is 819. The van der Waals surface area contributed by atoms with E-state index in [1.807, 2.05) is 13.0 Å². The van der Waals surface area contributed by atoms with Crippen molar-refractivity contribution >= 4 is 5.91 Å². The van der Waals surface area contributed by atoms with Crippen LogP contribution in [0.5, 0.6) is 0 Å². The maximum Gasteiger partial charge on any atom is 0.253 e. The van der Waals surface area contributed by atoms with Gasteiger partial charge in [-0.25, -0.2) is 0 Å². The van der Waals surface area contributed by atoms with Gasteiger partial charge >= 0.3 is 0 Å². The van der Waals surface area contributed by atoms with E-state index in [0.29, 0.717) is 6.42 Å². The van der Waals surface area contributed by atoms with Gasteiger partial charge in [0.2, 0.25) is 0 Å². The van der Waals surface area contributed by atoms with Crippen LogP contribution in [-0.2, 0) is 28.0 Å². The molecule has 1 aliphatic heterocycles. The van der Waals surface area contributed by atoms with Crippen LogP contribution in [0.3, 0.4) is 0 Å². The van der Waals surface area contributed by atoms with Gasteiger partial charge in [0.1, 0.15) is 5.60 Å². The van der Waals surface area contributed by atoms with Gasteiger partial charge in [0.15, 0.2) is 5.60 Å². The largest absolute Gasteiger partial charge is 0.367 e. The third-order valence-electron chi connectivity index (χ3n) is 6.81. The van der Waals surface area contributed by atoms with Crippen LogP contribution < -0.4 is 5.73 Å². The summed E-state index contributed by atoms with van der Waals surface area (Å²) in [7, 11) is 0. The molecular formula is C27H37NO2. The van der Waals surface area contributed by atoms with E-state index in [9.17, 15) is 4.79 Å². The molecule has 0 saturated carbocycles. The molecule has 2 unspecified atom stereocenters. The van der Waals surface area contributed by atoms with Crippen molar-refractivity contribution in [2.24, 2.45) is 5.73 Å². The van der Waals surface area contributed by atoms with E-state index in [1.165, 1.54) is 56.1 Å². The second kappa shape index (κ2) is 10.3. The van der Waals surface area contributed by atoms with Gasteiger partial charge in [-0.2, -0.15) is 0 Å². The van der Waals surface area contributed by atoms with Crippen molar-refractivity contribution in [3.05, 3.63) is 71.3 Å². The summed E-state index contributed by atoms with van der Waals surface area (Å²) in [5, 5.41) is 0. The first-order valence-electron chi connectivity index (χ1n) is 11.7. The van der Waals surface area contributed by atoms with E-state index in [-0.39, 0.29) is 5.91 Å². The lowest BCUT2D eigenvalue weighted by Crippen LogP contribution is -2.38. The van der Waals surface area contributed by atoms with E-state index in [1.54, 1.807) is 0 Å². The predicted molar refractivity (Wildman–Crippen MR) is 123 cm³/mol. The minimum atomic E-state index is -0.837. The molecule has 0 bridgehead atoms. The minimum absolute atomic E-state index is 0.336. The van der Waals surface area contributed by atoms with Crippen molar-refractivity contribution in [2.45, 2.75) is 89.3 Å². The molecule has 0 spiro atoms. The first kappa shape index (κ1) is 22.6. The number of hydrogen-bond donors (Lipinski definition) is 1. The molecule has 2 N–H and O–H groups in total. The summed E-state index contributed by atoms with van der Waals surface area (Å²) in [5.74, 6) is -0.336. The molecule has 1 saturated heterocycles. The van der Waals surface area contributed by atoms with E-state index in [0.717, 1.165) is 18.4 Å². The lowest BCUT2D eigenvalue weighted by atomic mass is 9.79. The molecule has 3 heteroatoms. The van der Waals surface area contributed by atoms with E-state index in [4.69, 9.17) is 10.5 Å². The number of carbonyl (C=O) groups is 1. The Kier molecular flexibility index (Phi) is 7.71. The van der Waals surface area contributed by atoms with Crippen molar-refractivity contribution in [3.8, 4) is 0 Å². The maximum absolute atomic E-state index is 12.1. The number of rotatable bonds is 13. The van der Waals surface area contributed by atoms with Crippen LogP contribution in [-0.4, -0.2) is 11.5 Å². The minimum Gasteiger partial charge on any atom is -0.367 e. The highest BCUT2D eigenvalue weighted by atomic mass is 16.6. The Balaban J connectivity index is 1.45. The Labute approximate surface area is 182 Å². The number of amides is 1. The molecule has 0 aromatic heterocycles. The molecular weight excluding hydrogens is 370 g/mol. The molecule has 1 amide bonds. The number of benzene rings is 2. The van der Waals surface area contributed by atoms with Crippen LogP contribution >= 0.6 is 0 Å². The fourth-order valence-electron chi connectivity index (χ4n) is 5.00. The van der Waals surface area contributed by atoms with Crippen LogP contribution in [0.25, 0.3) is 0 Å². The van der Waals surface area contributed by atoms with Gasteiger partial charge in [-0.15, -0.1) is 0 Å². The lowest BCUT2D eigenvalue weighted by Gasteiger charge is -2.19. The summed E-state index contributed by atoms with van der Waals surface area (Å²) in [6.45, 7) is 4.08. The second-order valence-electron chi connectivity index (χ2n) is 8.59. The van der Waals surface area contributed by atoms with Gasteiger partial charge in [0.25, 0.3) is 5.91 Å². The number of unbranched alkanes of at least 4 members (excludes halogenated alkanes) is 5. The van der Waals surface area contributed by atoms with Crippen LogP contribution in [0, 0.1) is 0 Å². The van der Waals surface area contributed by atoms with Crippen LogP contribution in [0.4, 0.5) is 0 Å². The second-order valence-corrected chi connectivity index (χ2v) is 8.59. The SMILES string of the molecule is CCC1(C(N)=O)OC1(CC)c1ccccc1CCCCCCCCc1ccccc1. The maximum atomic E-state index is 12.1. The summed E-state index contributed by atoms with van der Waals surface area (Å²) < 4.78 is 6.11. The van der Waals surface area contributed by atoms with Crippen LogP contribution in [0.1, 0.15) is 81.9 Å². The summed E-state index contributed by atoms with van der Waals surface area (Å²) >= 11 is 0. The quantitative estimate of drug-likeness (QED) is 0.323. The number of primary amides is 1. The topological polar surface area (TPSA) is 55.6 Å². The van der Waals surface area contributed by atoms with Gasteiger partial charge in [0.05, 0.1) is 0 Å². The van der Waals surface area contributed by atoms with Crippen LogP contribution in [0.2, 0.25) is 0 Å². The number of hydrogen-bond acceptors (Lipinski definition) is 2. The zero-order chi connectivity index (χ0) is 21.5. The molecule has 1 fully saturated rings. The standard InChI is InChI=1S/C27H37NO2/c1-3-26(27(4-2,30-26)25(28)29)24-21-15-14-20-23(24)19-13-8-6-5-7-10-16-22-17-11-9-12-18-22/h9,11-12,14-15,17-18,20-21H,3-8,10,13,16,19H2,1-2H3,(H2,28,29). The number of nitrogens with two attached hydrogens (primary N) is 1. The van der Waals surface area contributed by atoms with Crippen LogP contribution in [0.15, 0.2) is 54.6 Å². The highest BCUT2D eigenvalue weighted by Gasteiger charge is 2.72. The van der Waals surface area contributed by atoms with E-state index < -0.39 is 11.2 Å². The lowest BCUT2D eigenvalue weighted by molar-refractivity contribution is -0.123. The number of ether oxygens (including phenoxy) is 1. The summed E-state index contributed by atoms with van der Waals surface area (Å²) in [6.07, 6.45) is 11.2. The first-order valence-corrected chi connectivity index (χ1v) is 11.7. The summed E-state index contributed by atoms with van der Waals surface area (Å²) in [5.41, 5.74) is 8.27. The normalized spacial score (nSPS) is 22.7. The Morgan fingerprint density at radius 3 is 2.00 bits per heavy atom. The Morgan fingerprint density at radius 2 is 1.40 bits per heavy atom. The third kappa shape index (κ3) is 4.62. The highest BCUT2D eigenvalue weighted by Crippen LogP contribution is 2.60. The molecule has 1 heterocycles. The summed E-state index contributed by atoms with van der Waals surface area (Å²) in [4.78, 5) is 12.1. The van der Waals surface area contributed by atoms with Gasteiger partial charge < -0.3 is 10.5 Å². The van der Waals surface area contributed by atoms with Crippen molar-refractivity contribution in [2.75, 3.05) is 0 Å². The van der Waals surface area contributed by atoms with E-state index >= 15 is 0 Å². The molecule has 162 valence electrons. The predicted octanol–water partition coefficient (Wildman–Crippen LogP) is 6.08. The molecule has 2 aromatic carbocycles. The molecule has 0 aliphatic carbocycles. The molecule has 3 nitrogen and oxygen atoms in total. The first-order chi connectivity index (χ1) is 14.6. The average molecular weight is 408 g/mol. The average Bonchev–Trinajstić information content (AvgIpc) is 3.47. The molecule has 2 atom stereocenters. The van der Waals surface area contributed by atoms with Crippen molar-refractivity contribution in [3.63, 3.8) is 0 Å². The van der Waals surface area contributed by atoms with Crippen molar-refractivity contribution in [1.82, 2.24) is 0 Å². The van der Waals surface area contributed by atoms with Gasteiger partial charge in [-0.05, 0) is 55.2 Å². The summed E-state index contributed by atoms with van der Waals surface area (Å²) in [6, 6.07) is 19.2. The number of epoxide rings is 1. The zero-order valence-corrected chi connectivity index (χ0v) is 18.7. The molecule has 30 heavy (non-hydrogen) atoms. The van der Waals surface area contributed by atoms with Crippen molar-refractivity contribution < 1.29 is 9.53 Å². The Hall–Kier alpha value is -2.13. The fraction of sp³-hybridized carbons (Fsp3) is 0.519. The number of aryl methyl sites for hydroxylation is 2. The Morgan fingerprint density at radius 1 is 0.800 bits per heavy atom. The molecule has 1 aliphatic rings. The fourth-order valence-corrected chi connectivity index (χ4v) is 5.00. The van der Waals surface area contributed by atoms with E-state index in [2.05, 4.69) is 55.5 Å². The zero-order valence-electron chi connectivity index (χ0n) is 18.7. The molecule has 2 aromatic rings. The van der Waals surface area contributed by atoms with Gasteiger partial charge in [-0.1, -0.05) is 94.1 Å². The monoisotopic (exact) mass is 407 g/mol. The highest BCUT2D eigenvalue weighted by molar-refractivity contribution is 5.89. The smallest absolute Gasteiger partial charge is 0.253 e. The van der Waals surface area contributed by atoms with Crippen molar-refractivity contribution in [1.29, 1.82) is 0 Å².